The highest BCUT2D eigenvalue weighted by molar-refractivity contribution is 9.10. The highest BCUT2D eigenvalue weighted by Gasteiger charge is 2.22. The second-order valence-electron chi connectivity index (χ2n) is 4.85. The van der Waals surface area contributed by atoms with Gasteiger partial charge in [-0.3, -0.25) is 4.79 Å². The molecule has 1 aromatic rings. The first kappa shape index (κ1) is 12.8. The predicted molar refractivity (Wildman–Crippen MR) is 73.1 cm³/mol. The Hall–Kier alpha value is -0.670. The van der Waals surface area contributed by atoms with Crippen molar-refractivity contribution in [1.82, 2.24) is 4.90 Å². The molecule has 1 saturated heterocycles. The fraction of sp³-hybridized carbons (Fsp3) is 0.500. The number of nitrogens with zero attached hydrogens (tertiary/aromatic N) is 1. The van der Waals surface area contributed by atoms with Crippen LogP contribution in [0.2, 0.25) is 0 Å². The molecule has 0 unspecified atom stereocenters. The number of ketones is 1. The van der Waals surface area contributed by atoms with Crippen LogP contribution in [0, 0.1) is 5.92 Å². The first-order valence-electron chi connectivity index (χ1n) is 6.11. The molecule has 0 aromatic heterocycles. The Morgan fingerprint density at radius 1 is 1.29 bits per heavy atom. The monoisotopic (exact) mass is 295 g/mol. The van der Waals surface area contributed by atoms with E-state index in [-0.39, 0.29) is 5.92 Å². The summed E-state index contributed by atoms with van der Waals surface area (Å²) < 4.78 is 1.06. The Bertz CT molecular complexity index is 380. The van der Waals surface area contributed by atoms with Gasteiger partial charge >= 0.3 is 0 Å². The van der Waals surface area contributed by atoms with Gasteiger partial charge in [0.1, 0.15) is 5.78 Å². The Morgan fingerprint density at radius 2 is 1.88 bits per heavy atom. The van der Waals surface area contributed by atoms with E-state index >= 15 is 0 Å². The number of halogens is 1. The number of rotatable bonds is 3. The van der Waals surface area contributed by atoms with Gasteiger partial charge in [-0.2, -0.15) is 0 Å². The Balaban J connectivity index is 1.90. The molecule has 0 radical (unpaired) electrons. The minimum absolute atomic E-state index is 0.273. The first-order chi connectivity index (χ1) is 8.15. The van der Waals surface area contributed by atoms with Crippen molar-refractivity contribution in [2.75, 3.05) is 20.1 Å². The zero-order valence-electron chi connectivity index (χ0n) is 10.2. The molecule has 0 atom stereocenters. The van der Waals surface area contributed by atoms with Crippen molar-refractivity contribution in [2.45, 2.75) is 19.3 Å². The van der Waals surface area contributed by atoms with E-state index in [2.05, 4.69) is 27.9 Å². The Labute approximate surface area is 111 Å². The van der Waals surface area contributed by atoms with Crippen molar-refractivity contribution < 1.29 is 4.79 Å². The van der Waals surface area contributed by atoms with Gasteiger partial charge in [0, 0.05) is 16.8 Å². The summed E-state index contributed by atoms with van der Waals surface area (Å²) in [7, 11) is 2.12. The normalized spacial score (nSPS) is 18.2. The predicted octanol–water partition coefficient (Wildman–Crippen LogP) is 2.90. The van der Waals surface area contributed by atoms with Gasteiger partial charge in [-0.05, 0) is 50.7 Å². The molecule has 0 N–H and O–H groups in total. The number of carbonyl (C=O) groups excluding carboxylic acids is 1. The lowest BCUT2D eigenvalue weighted by atomic mass is 9.89. The summed E-state index contributed by atoms with van der Waals surface area (Å²) in [6, 6.07) is 8.04. The molecule has 2 nitrogen and oxygen atoms in total. The summed E-state index contributed by atoms with van der Waals surface area (Å²) in [5, 5.41) is 0. The van der Waals surface area contributed by atoms with Gasteiger partial charge in [0.2, 0.25) is 0 Å². The van der Waals surface area contributed by atoms with Gasteiger partial charge < -0.3 is 4.90 Å². The standard InChI is InChI=1S/C14H18BrNO/c1-16-8-6-12(7-9-16)14(17)10-11-2-4-13(15)5-3-11/h2-5,12H,6-10H2,1H3. The molecule has 3 heteroatoms. The van der Waals surface area contributed by atoms with Crippen LogP contribution in [0.15, 0.2) is 28.7 Å². The van der Waals surface area contributed by atoms with Crippen LogP contribution >= 0.6 is 15.9 Å². The van der Waals surface area contributed by atoms with E-state index in [0.29, 0.717) is 12.2 Å². The largest absolute Gasteiger partial charge is 0.306 e. The number of benzene rings is 1. The fourth-order valence-electron chi connectivity index (χ4n) is 2.28. The second-order valence-corrected chi connectivity index (χ2v) is 5.76. The molecule has 92 valence electrons. The molecule has 17 heavy (non-hydrogen) atoms. The molecular weight excluding hydrogens is 278 g/mol. The number of likely N-dealkylation sites (tertiary alicyclic amines) is 1. The molecule has 1 aliphatic heterocycles. The smallest absolute Gasteiger partial charge is 0.140 e. The van der Waals surface area contributed by atoms with Gasteiger partial charge in [-0.1, -0.05) is 28.1 Å². The molecule has 1 fully saturated rings. The number of Topliss-reactive ketones (excluding diaryl/α,β-unsaturated/α-hetero) is 1. The maximum Gasteiger partial charge on any atom is 0.140 e. The van der Waals surface area contributed by atoms with E-state index in [4.69, 9.17) is 0 Å². The molecule has 2 rings (SSSR count). The van der Waals surface area contributed by atoms with Crippen LogP contribution < -0.4 is 0 Å². The molecule has 0 saturated carbocycles. The molecule has 0 spiro atoms. The van der Waals surface area contributed by atoms with Gasteiger partial charge in [0.05, 0.1) is 0 Å². The zero-order valence-corrected chi connectivity index (χ0v) is 11.7. The number of hydrogen-bond donors (Lipinski definition) is 0. The lowest BCUT2D eigenvalue weighted by Gasteiger charge is -2.28. The summed E-state index contributed by atoms with van der Waals surface area (Å²) in [6.07, 6.45) is 2.62. The topological polar surface area (TPSA) is 20.3 Å². The van der Waals surface area contributed by atoms with Crippen molar-refractivity contribution in [3.05, 3.63) is 34.3 Å². The molecule has 0 amide bonds. The van der Waals surface area contributed by atoms with Crippen molar-refractivity contribution in [2.24, 2.45) is 5.92 Å². The van der Waals surface area contributed by atoms with Gasteiger partial charge in [0.25, 0.3) is 0 Å². The van der Waals surface area contributed by atoms with E-state index in [1.807, 2.05) is 24.3 Å². The summed E-state index contributed by atoms with van der Waals surface area (Å²) in [5.41, 5.74) is 1.12. The first-order valence-corrected chi connectivity index (χ1v) is 6.90. The maximum atomic E-state index is 12.1. The van der Waals surface area contributed by atoms with E-state index in [0.717, 1.165) is 36.0 Å². The van der Waals surface area contributed by atoms with Gasteiger partial charge in [0.15, 0.2) is 0 Å². The lowest BCUT2D eigenvalue weighted by molar-refractivity contribution is -0.123. The van der Waals surface area contributed by atoms with Crippen LogP contribution in [0.5, 0.6) is 0 Å². The second kappa shape index (κ2) is 5.78. The molecule has 0 bridgehead atoms. The maximum absolute atomic E-state index is 12.1. The number of hydrogen-bond acceptors (Lipinski definition) is 2. The van der Waals surface area contributed by atoms with Crippen LogP contribution in [-0.4, -0.2) is 30.8 Å². The van der Waals surface area contributed by atoms with Gasteiger partial charge in [-0.15, -0.1) is 0 Å². The third-order valence-corrected chi connectivity index (χ3v) is 3.99. The molecule has 1 aromatic carbocycles. The Morgan fingerprint density at radius 3 is 2.47 bits per heavy atom. The van der Waals surface area contributed by atoms with Crippen LogP contribution in [0.1, 0.15) is 18.4 Å². The summed E-state index contributed by atoms with van der Waals surface area (Å²) in [4.78, 5) is 14.4. The number of piperidine rings is 1. The fourth-order valence-corrected chi connectivity index (χ4v) is 2.54. The highest BCUT2D eigenvalue weighted by atomic mass is 79.9. The molecule has 1 aliphatic rings. The van der Waals surface area contributed by atoms with Crippen molar-refractivity contribution in [3.8, 4) is 0 Å². The Kier molecular flexibility index (Phi) is 4.35. The third-order valence-electron chi connectivity index (χ3n) is 3.47. The zero-order chi connectivity index (χ0) is 12.3. The van der Waals surface area contributed by atoms with Crippen LogP contribution in [-0.2, 0) is 11.2 Å². The minimum atomic E-state index is 0.273. The SMILES string of the molecule is CN1CCC(C(=O)Cc2ccc(Br)cc2)CC1. The van der Waals surface area contributed by atoms with E-state index < -0.39 is 0 Å². The lowest BCUT2D eigenvalue weighted by Crippen LogP contribution is -2.34. The minimum Gasteiger partial charge on any atom is -0.306 e. The van der Waals surface area contributed by atoms with E-state index in [1.165, 1.54) is 0 Å². The summed E-state index contributed by atoms with van der Waals surface area (Å²) in [6.45, 7) is 2.10. The van der Waals surface area contributed by atoms with Crippen molar-refractivity contribution >= 4 is 21.7 Å². The third kappa shape index (κ3) is 3.65. The summed E-state index contributed by atoms with van der Waals surface area (Å²) >= 11 is 3.40. The molecule has 1 heterocycles. The van der Waals surface area contributed by atoms with Crippen molar-refractivity contribution in [3.63, 3.8) is 0 Å². The average molecular weight is 296 g/mol. The summed E-state index contributed by atoms with van der Waals surface area (Å²) in [5.74, 6) is 0.676. The number of carbonyl (C=O) groups is 1. The van der Waals surface area contributed by atoms with E-state index in [9.17, 15) is 4.79 Å². The van der Waals surface area contributed by atoms with Crippen molar-refractivity contribution in [1.29, 1.82) is 0 Å². The highest BCUT2D eigenvalue weighted by Crippen LogP contribution is 2.19. The van der Waals surface area contributed by atoms with Crippen LogP contribution in [0.3, 0.4) is 0 Å². The van der Waals surface area contributed by atoms with Crippen LogP contribution in [0.25, 0.3) is 0 Å². The molecular formula is C14H18BrNO. The molecule has 0 aliphatic carbocycles. The quantitative estimate of drug-likeness (QED) is 0.855. The van der Waals surface area contributed by atoms with Gasteiger partial charge in [-0.25, -0.2) is 0 Å². The average Bonchev–Trinajstić information content (AvgIpc) is 2.33. The van der Waals surface area contributed by atoms with E-state index in [1.54, 1.807) is 0 Å². The van der Waals surface area contributed by atoms with Crippen LogP contribution in [0.4, 0.5) is 0 Å².